The average Bonchev–Trinajstić information content (AvgIpc) is 2.54. The van der Waals surface area contributed by atoms with E-state index in [4.69, 9.17) is 0 Å². The predicted octanol–water partition coefficient (Wildman–Crippen LogP) is 1.47. The zero-order valence-electron chi connectivity index (χ0n) is 15.1. The second-order valence-electron chi connectivity index (χ2n) is 7.57. The summed E-state index contributed by atoms with van der Waals surface area (Å²) in [6.07, 6.45) is 1.92. The van der Waals surface area contributed by atoms with Crippen LogP contribution in [-0.4, -0.2) is 54.7 Å². The number of hydrogen-bond acceptors (Lipinski definition) is 4. The second kappa shape index (κ2) is 7.15. The maximum absolute atomic E-state index is 13.6. The molecule has 26 heavy (non-hydrogen) atoms. The van der Waals surface area contributed by atoms with E-state index in [1.54, 1.807) is 36.0 Å². The lowest BCUT2D eigenvalue weighted by atomic mass is 9.71. The molecule has 2 fully saturated rings. The number of nitrogens with one attached hydrogen (secondary N) is 1. The fraction of sp³-hybridized carbons (Fsp3) is 0.526. The summed E-state index contributed by atoms with van der Waals surface area (Å²) < 4.78 is 13.6. The van der Waals surface area contributed by atoms with Crippen molar-refractivity contribution in [3.8, 4) is 0 Å². The summed E-state index contributed by atoms with van der Waals surface area (Å²) in [6.45, 7) is 0.998. The molecular formula is C19H24FN3O3. The molecule has 3 rings (SSSR count). The van der Waals surface area contributed by atoms with Gasteiger partial charge < -0.3 is 4.90 Å². The highest BCUT2D eigenvalue weighted by Gasteiger charge is 2.43. The highest BCUT2D eigenvalue weighted by Crippen LogP contribution is 2.40. The van der Waals surface area contributed by atoms with E-state index in [0.717, 1.165) is 0 Å². The summed E-state index contributed by atoms with van der Waals surface area (Å²) in [6, 6.07) is 5.54. The van der Waals surface area contributed by atoms with Gasteiger partial charge in [-0.05, 0) is 50.0 Å². The summed E-state index contributed by atoms with van der Waals surface area (Å²) in [5, 5.41) is 2.34. The van der Waals surface area contributed by atoms with Crippen LogP contribution in [0, 0.1) is 11.2 Å². The Bertz CT molecular complexity index is 708. The SMILES string of the molecule is CN(C)[C@H](C(=O)N1CCC2(CC1)CC(=O)NC(=O)C2)c1cccc(F)c1. The number of imide groups is 1. The molecule has 2 aliphatic heterocycles. The molecule has 2 heterocycles. The smallest absolute Gasteiger partial charge is 0.244 e. The van der Waals surface area contributed by atoms with Crippen LogP contribution < -0.4 is 5.32 Å². The molecule has 0 saturated carbocycles. The van der Waals surface area contributed by atoms with Crippen LogP contribution in [0.25, 0.3) is 0 Å². The number of halogens is 1. The Labute approximate surface area is 152 Å². The van der Waals surface area contributed by atoms with Gasteiger partial charge in [-0.2, -0.15) is 0 Å². The van der Waals surface area contributed by atoms with Gasteiger partial charge in [0.05, 0.1) is 0 Å². The Morgan fingerprint density at radius 2 is 1.81 bits per heavy atom. The monoisotopic (exact) mass is 361 g/mol. The predicted molar refractivity (Wildman–Crippen MR) is 93.5 cm³/mol. The van der Waals surface area contributed by atoms with Crippen LogP contribution in [0.4, 0.5) is 4.39 Å². The molecule has 6 nitrogen and oxygen atoms in total. The Morgan fingerprint density at radius 1 is 1.19 bits per heavy atom. The molecule has 1 aromatic carbocycles. The van der Waals surface area contributed by atoms with Gasteiger partial charge in [0.15, 0.2) is 0 Å². The molecule has 1 aromatic rings. The third-order valence-electron chi connectivity index (χ3n) is 5.40. The van der Waals surface area contributed by atoms with Crippen molar-refractivity contribution in [2.45, 2.75) is 31.7 Å². The minimum atomic E-state index is -0.559. The molecule has 140 valence electrons. The molecular weight excluding hydrogens is 337 g/mol. The zero-order valence-corrected chi connectivity index (χ0v) is 15.1. The van der Waals surface area contributed by atoms with E-state index in [1.807, 2.05) is 0 Å². The number of carbonyl (C=O) groups excluding carboxylic acids is 3. The van der Waals surface area contributed by atoms with E-state index in [-0.39, 0.29) is 29.0 Å². The van der Waals surface area contributed by atoms with Gasteiger partial charge >= 0.3 is 0 Å². The highest BCUT2D eigenvalue weighted by atomic mass is 19.1. The third kappa shape index (κ3) is 3.77. The fourth-order valence-corrected chi connectivity index (χ4v) is 4.05. The molecule has 3 amide bonds. The number of benzene rings is 1. The molecule has 1 atom stereocenters. The van der Waals surface area contributed by atoms with Crippen molar-refractivity contribution in [2.75, 3.05) is 27.2 Å². The van der Waals surface area contributed by atoms with E-state index in [2.05, 4.69) is 5.32 Å². The number of carbonyl (C=O) groups is 3. The molecule has 0 bridgehead atoms. The first kappa shape index (κ1) is 18.5. The Hall–Kier alpha value is -2.28. The summed E-state index contributed by atoms with van der Waals surface area (Å²) in [5.74, 6) is -0.910. The van der Waals surface area contributed by atoms with Gasteiger partial charge in [0.1, 0.15) is 11.9 Å². The minimum absolute atomic E-state index is 0.0814. The maximum atomic E-state index is 13.6. The highest BCUT2D eigenvalue weighted by molar-refractivity contribution is 5.98. The molecule has 2 saturated heterocycles. The number of piperidine rings is 2. The summed E-state index contributed by atoms with van der Waals surface area (Å²) in [5.41, 5.74) is 0.287. The van der Waals surface area contributed by atoms with E-state index in [0.29, 0.717) is 44.3 Å². The zero-order chi connectivity index (χ0) is 18.9. The van der Waals surface area contributed by atoms with Gasteiger partial charge in [-0.3, -0.25) is 24.6 Å². The van der Waals surface area contributed by atoms with E-state index < -0.39 is 6.04 Å². The molecule has 0 unspecified atom stereocenters. The fourth-order valence-electron chi connectivity index (χ4n) is 4.05. The number of rotatable bonds is 3. The summed E-state index contributed by atoms with van der Waals surface area (Å²) >= 11 is 0. The normalized spacial score (nSPS) is 21.0. The van der Waals surface area contributed by atoms with Gasteiger partial charge in [-0.1, -0.05) is 12.1 Å². The third-order valence-corrected chi connectivity index (χ3v) is 5.40. The van der Waals surface area contributed by atoms with Crippen molar-refractivity contribution in [3.63, 3.8) is 0 Å². The number of hydrogen-bond donors (Lipinski definition) is 1. The van der Waals surface area contributed by atoms with E-state index in [1.165, 1.54) is 12.1 Å². The molecule has 0 radical (unpaired) electrons. The summed E-state index contributed by atoms with van der Waals surface area (Å²) in [4.78, 5) is 40.0. The molecule has 2 aliphatic rings. The Kier molecular flexibility index (Phi) is 5.09. The van der Waals surface area contributed by atoms with Crippen LogP contribution in [0.3, 0.4) is 0 Å². The van der Waals surface area contributed by atoms with Crippen LogP contribution in [0.2, 0.25) is 0 Å². The van der Waals surface area contributed by atoms with Crippen molar-refractivity contribution in [1.82, 2.24) is 15.1 Å². The van der Waals surface area contributed by atoms with Gasteiger partial charge in [-0.25, -0.2) is 4.39 Å². The van der Waals surface area contributed by atoms with Crippen molar-refractivity contribution in [2.24, 2.45) is 5.41 Å². The van der Waals surface area contributed by atoms with Gasteiger partial charge in [0.25, 0.3) is 0 Å². The number of likely N-dealkylation sites (tertiary alicyclic amines) is 1. The van der Waals surface area contributed by atoms with Crippen molar-refractivity contribution in [1.29, 1.82) is 0 Å². The molecule has 1 N–H and O–H groups in total. The summed E-state index contributed by atoms with van der Waals surface area (Å²) in [7, 11) is 3.59. The van der Waals surface area contributed by atoms with Crippen molar-refractivity contribution in [3.05, 3.63) is 35.6 Å². The van der Waals surface area contributed by atoms with Crippen LogP contribution in [0.1, 0.15) is 37.3 Å². The lowest BCUT2D eigenvalue weighted by molar-refractivity contribution is -0.143. The van der Waals surface area contributed by atoms with Crippen LogP contribution in [0.15, 0.2) is 24.3 Å². The van der Waals surface area contributed by atoms with Crippen molar-refractivity contribution >= 4 is 17.7 Å². The number of amides is 3. The first-order valence-electron chi connectivity index (χ1n) is 8.83. The average molecular weight is 361 g/mol. The van der Waals surface area contributed by atoms with Crippen LogP contribution in [0.5, 0.6) is 0 Å². The largest absolute Gasteiger partial charge is 0.341 e. The molecule has 0 aromatic heterocycles. The van der Waals surface area contributed by atoms with E-state index in [9.17, 15) is 18.8 Å². The lowest BCUT2D eigenvalue weighted by Crippen LogP contribution is -2.52. The first-order chi connectivity index (χ1) is 12.3. The van der Waals surface area contributed by atoms with Gasteiger partial charge in [0, 0.05) is 25.9 Å². The maximum Gasteiger partial charge on any atom is 0.244 e. The van der Waals surface area contributed by atoms with Crippen LogP contribution in [-0.2, 0) is 14.4 Å². The van der Waals surface area contributed by atoms with Gasteiger partial charge in [-0.15, -0.1) is 0 Å². The molecule has 1 spiro atoms. The van der Waals surface area contributed by atoms with E-state index >= 15 is 0 Å². The molecule has 7 heteroatoms. The quantitative estimate of drug-likeness (QED) is 0.828. The van der Waals surface area contributed by atoms with Gasteiger partial charge in [0.2, 0.25) is 17.7 Å². The standard InChI is InChI=1S/C19H24FN3O3/c1-22(2)17(13-4-3-5-14(20)10-13)18(26)23-8-6-19(7-9-23)11-15(24)21-16(25)12-19/h3-5,10,17H,6-9,11-12H2,1-2H3,(H,21,24,25)/t17-/m0/s1. The first-order valence-corrected chi connectivity index (χ1v) is 8.83. The van der Waals surface area contributed by atoms with Crippen molar-refractivity contribution < 1.29 is 18.8 Å². The topological polar surface area (TPSA) is 69.7 Å². The van der Waals surface area contributed by atoms with Crippen LogP contribution >= 0.6 is 0 Å². The Balaban J connectivity index is 1.72. The second-order valence-corrected chi connectivity index (χ2v) is 7.57. The lowest BCUT2D eigenvalue weighted by Gasteiger charge is -2.44. The number of nitrogens with zero attached hydrogens (tertiary/aromatic N) is 2. The minimum Gasteiger partial charge on any atom is -0.341 e. The molecule has 0 aliphatic carbocycles. The number of likely N-dealkylation sites (N-methyl/N-ethyl adjacent to an activating group) is 1. The Morgan fingerprint density at radius 3 is 2.35 bits per heavy atom.